The van der Waals surface area contributed by atoms with Gasteiger partial charge in [-0.15, -0.1) is 0 Å². The van der Waals surface area contributed by atoms with Crippen LogP contribution in [-0.2, 0) is 11.2 Å². The van der Waals surface area contributed by atoms with Crippen LogP contribution in [0.5, 0.6) is 5.75 Å². The monoisotopic (exact) mass is 367 g/mol. The van der Waals surface area contributed by atoms with Gasteiger partial charge in [-0.1, -0.05) is 17.7 Å². The van der Waals surface area contributed by atoms with Gasteiger partial charge in [-0.25, -0.2) is 4.79 Å². The average Bonchev–Trinajstić information content (AvgIpc) is 2.82. The molecule has 1 aliphatic rings. The first kappa shape index (κ1) is 19.4. The van der Waals surface area contributed by atoms with Gasteiger partial charge in [-0.05, 0) is 38.0 Å². The van der Waals surface area contributed by atoms with Gasteiger partial charge in [0.05, 0.1) is 13.5 Å². The van der Waals surface area contributed by atoms with E-state index < -0.39 is 0 Å². The van der Waals surface area contributed by atoms with Gasteiger partial charge in [0, 0.05) is 37.2 Å². The third kappa shape index (κ3) is 5.53. The largest absolute Gasteiger partial charge is 0.497 e. The lowest BCUT2D eigenvalue weighted by Gasteiger charge is -2.23. The molecule has 1 fully saturated rings. The van der Waals surface area contributed by atoms with E-state index in [4.69, 9.17) is 16.3 Å². The number of carbonyl (C=O) groups excluding carboxylic acids is 2. The summed E-state index contributed by atoms with van der Waals surface area (Å²) in [5, 5.41) is 3.42. The molecule has 0 atom stereocenters. The molecule has 1 aromatic rings. The lowest BCUT2D eigenvalue weighted by Crippen LogP contribution is -2.45. The van der Waals surface area contributed by atoms with Crippen LogP contribution in [0.1, 0.15) is 25.8 Å². The molecular weight excluding hydrogens is 342 g/mol. The van der Waals surface area contributed by atoms with Crippen molar-refractivity contribution in [3.05, 3.63) is 28.8 Å². The maximum Gasteiger partial charge on any atom is 0.317 e. The number of rotatable bonds is 4. The van der Waals surface area contributed by atoms with E-state index in [1.165, 1.54) is 0 Å². The van der Waals surface area contributed by atoms with Crippen LogP contribution in [0, 0.1) is 0 Å². The van der Waals surface area contributed by atoms with Crippen LogP contribution in [0.15, 0.2) is 18.2 Å². The minimum atomic E-state index is -0.0671. The zero-order chi connectivity index (χ0) is 18.4. The van der Waals surface area contributed by atoms with Crippen LogP contribution in [0.3, 0.4) is 0 Å². The number of hydrogen-bond donors (Lipinski definition) is 1. The number of ether oxygens (including phenoxy) is 1. The van der Waals surface area contributed by atoms with Crippen molar-refractivity contribution in [1.82, 2.24) is 15.1 Å². The minimum Gasteiger partial charge on any atom is -0.497 e. The zero-order valence-corrected chi connectivity index (χ0v) is 15.8. The van der Waals surface area contributed by atoms with Gasteiger partial charge in [-0.2, -0.15) is 0 Å². The Labute approximate surface area is 154 Å². The van der Waals surface area contributed by atoms with Gasteiger partial charge >= 0.3 is 6.03 Å². The highest BCUT2D eigenvalue weighted by Crippen LogP contribution is 2.23. The summed E-state index contributed by atoms with van der Waals surface area (Å²) >= 11 is 6.22. The number of hydrogen-bond acceptors (Lipinski definition) is 3. The van der Waals surface area contributed by atoms with Crippen LogP contribution in [-0.4, -0.2) is 61.1 Å². The summed E-state index contributed by atoms with van der Waals surface area (Å²) in [5.41, 5.74) is 0.783. The summed E-state index contributed by atoms with van der Waals surface area (Å²) in [6, 6.07) is 5.37. The molecule has 0 saturated carbocycles. The number of halogens is 1. The Bertz CT molecular complexity index is 622. The summed E-state index contributed by atoms with van der Waals surface area (Å²) in [7, 11) is 1.58. The highest BCUT2D eigenvalue weighted by Gasteiger charge is 2.22. The molecule has 1 aliphatic heterocycles. The van der Waals surface area contributed by atoms with Crippen LogP contribution in [0.2, 0.25) is 5.02 Å². The Balaban J connectivity index is 1.93. The molecule has 6 nitrogen and oxygen atoms in total. The normalized spacial score (nSPS) is 15.1. The van der Waals surface area contributed by atoms with Gasteiger partial charge in [-0.3, -0.25) is 4.79 Å². The van der Waals surface area contributed by atoms with Crippen molar-refractivity contribution in [3.63, 3.8) is 0 Å². The van der Waals surface area contributed by atoms with Crippen molar-refractivity contribution >= 4 is 23.5 Å². The Kier molecular flexibility index (Phi) is 6.93. The Morgan fingerprint density at radius 1 is 1.20 bits per heavy atom. The number of nitrogens with zero attached hydrogens (tertiary/aromatic N) is 2. The predicted molar refractivity (Wildman–Crippen MR) is 98.1 cm³/mol. The summed E-state index contributed by atoms with van der Waals surface area (Å²) in [4.78, 5) is 28.3. The Morgan fingerprint density at radius 3 is 2.52 bits per heavy atom. The highest BCUT2D eigenvalue weighted by atomic mass is 35.5. The Morgan fingerprint density at radius 2 is 1.88 bits per heavy atom. The van der Waals surface area contributed by atoms with Crippen LogP contribution in [0.25, 0.3) is 0 Å². The summed E-state index contributed by atoms with van der Waals surface area (Å²) in [5.74, 6) is 0.695. The van der Waals surface area contributed by atoms with Crippen molar-refractivity contribution in [2.75, 3.05) is 33.3 Å². The molecule has 0 spiro atoms. The lowest BCUT2D eigenvalue weighted by molar-refractivity contribution is -0.130. The quantitative estimate of drug-likeness (QED) is 0.889. The fourth-order valence-electron chi connectivity index (χ4n) is 2.78. The first-order valence-corrected chi connectivity index (χ1v) is 8.94. The lowest BCUT2D eigenvalue weighted by atomic mass is 10.1. The van der Waals surface area contributed by atoms with Crippen molar-refractivity contribution in [1.29, 1.82) is 0 Å². The van der Waals surface area contributed by atoms with E-state index >= 15 is 0 Å². The molecule has 0 unspecified atom stereocenters. The van der Waals surface area contributed by atoms with Gasteiger partial charge in [0.2, 0.25) is 5.91 Å². The second-order valence-electron chi connectivity index (χ2n) is 6.46. The molecule has 25 heavy (non-hydrogen) atoms. The van der Waals surface area contributed by atoms with Crippen LogP contribution < -0.4 is 10.1 Å². The van der Waals surface area contributed by atoms with E-state index in [1.54, 1.807) is 24.1 Å². The molecule has 0 aromatic heterocycles. The maximum atomic E-state index is 12.6. The van der Waals surface area contributed by atoms with Crippen molar-refractivity contribution in [2.24, 2.45) is 0 Å². The second-order valence-corrected chi connectivity index (χ2v) is 6.87. The maximum absolute atomic E-state index is 12.6. The number of amides is 3. The minimum absolute atomic E-state index is 0.0261. The predicted octanol–water partition coefficient (Wildman–Crippen LogP) is 2.54. The van der Waals surface area contributed by atoms with E-state index in [9.17, 15) is 9.59 Å². The number of urea groups is 1. The van der Waals surface area contributed by atoms with Gasteiger partial charge in [0.25, 0.3) is 0 Å². The van der Waals surface area contributed by atoms with Crippen molar-refractivity contribution < 1.29 is 14.3 Å². The molecule has 0 bridgehead atoms. The molecule has 3 amide bonds. The van der Waals surface area contributed by atoms with Gasteiger partial charge in [0.15, 0.2) is 0 Å². The van der Waals surface area contributed by atoms with Crippen LogP contribution in [0.4, 0.5) is 4.79 Å². The van der Waals surface area contributed by atoms with Gasteiger partial charge < -0.3 is 19.9 Å². The van der Waals surface area contributed by atoms with E-state index in [-0.39, 0.29) is 24.4 Å². The fraction of sp³-hybridized carbons (Fsp3) is 0.556. The third-order valence-electron chi connectivity index (χ3n) is 4.15. The van der Waals surface area contributed by atoms with E-state index in [0.717, 1.165) is 12.0 Å². The average molecular weight is 368 g/mol. The standard InChI is InChI=1S/C18H26ClN3O3/c1-13(2)20-18(24)22-8-4-7-21(9-10-22)17(23)11-14-5-6-15(25-3)12-16(14)19/h5-6,12-13H,4,7-11H2,1-3H3,(H,20,24). The molecule has 1 saturated heterocycles. The fourth-order valence-corrected chi connectivity index (χ4v) is 3.02. The Hall–Kier alpha value is -1.95. The van der Waals surface area contributed by atoms with E-state index in [1.807, 2.05) is 24.8 Å². The molecule has 0 aliphatic carbocycles. The molecule has 138 valence electrons. The summed E-state index contributed by atoms with van der Waals surface area (Å²) in [6.07, 6.45) is 1.02. The number of methoxy groups -OCH3 is 1. The molecular formula is C18H26ClN3O3. The van der Waals surface area contributed by atoms with E-state index in [0.29, 0.717) is 37.0 Å². The molecule has 1 aromatic carbocycles. The smallest absolute Gasteiger partial charge is 0.317 e. The molecule has 2 rings (SSSR count). The first-order valence-electron chi connectivity index (χ1n) is 8.56. The number of nitrogens with one attached hydrogen (secondary N) is 1. The molecule has 1 heterocycles. The molecule has 1 N–H and O–H groups in total. The molecule has 0 radical (unpaired) electrons. The third-order valence-corrected chi connectivity index (χ3v) is 4.50. The zero-order valence-electron chi connectivity index (χ0n) is 15.0. The second kappa shape index (κ2) is 8.94. The van der Waals surface area contributed by atoms with E-state index in [2.05, 4.69) is 5.32 Å². The van der Waals surface area contributed by atoms with Crippen molar-refractivity contribution in [2.45, 2.75) is 32.7 Å². The van der Waals surface area contributed by atoms with Gasteiger partial charge in [0.1, 0.15) is 5.75 Å². The summed E-state index contributed by atoms with van der Waals surface area (Å²) in [6.45, 7) is 6.26. The SMILES string of the molecule is COc1ccc(CC(=O)N2CCCN(C(=O)NC(C)C)CC2)c(Cl)c1. The van der Waals surface area contributed by atoms with Crippen molar-refractivity contribution in [3.8, 4) is 5.75 Å². The number of benzene rings is 1. The first-order chi connectivity index (χ1) is 11.9. The summed E-state index contributed by atoms with van der Waals surface area (Å²) < 4.78 is 5.13. The topological polar surface area (TPSA) is 61.9 Å². The van der Waals surface area contributed by atoms with Crippen LogP contribution >= 0.6 is 11.6 Å². The number of carbonyl (C=O) groups is 2. The highest BCUT2D eigenvalue weighted by molar-refractivity contribution is 6.31. The molecule has 7 heteroatoms.